The molecule has 2 heteroatoms. The smallest absolute Gasteiger partial charge is 0.307 e. The third-order valence-electron chi connectivity index (χ3n) is 3.34. The van der Waals surface area contributed by atoms with Crippen LogP contribution in [0.2, 0.25) is 0 Å². The van der Waals surface area contributed by atoms with E-state index in [1.54, 1.807) is 0 Å². The molecule has 80 valence electrons. The van der Waals surface area contributed by atoms with E-state index in [9.17, 15) is 4.79 Å². The number of carboxylic acids is 1. The Morgan fingerprint density at radius 2 is 2.00 bits per heavy atom. The van der Waals surface area contributed by atoms with Crippen molar-refractivity contribution < 1.29 is 9.90 Å². The molecule has 0 amide bonds. The van der Waals surface area contributed by atoms with E-state index in [2.05, 4.69) is 20.4 Å². The van der Waals surface area contributed by atoms with Crippen LogP contribution in [0.15, 0.2) is 12.2 Å². The van der Waals surface area contributed by atoms with Crippen LogP contribution in [-0.4, -0.2) is 11.1 Å². The Balaban J connectivity index is 2.81. The molecule has 1 rings (SSSR count). The highest BCUT2D eigenvalue weighted by Gasteiger charge is 2.38. The Kier molecular flexibility index (Phi) is 3.03. The maximum absolute atomic E-state index is 11.1. The van der Waals surface area contributed by atoms with Gasteiger partial charge in [-0.15, -0.1) is 0 Å². The Hall–Kier alpha value is -0.790. The largest absolute Gasteiger partial charge is 0.481 e. The van der Waals surface area contributed by atoms with E-state index in [4.69, 9.17) is 5.11 Å². The molecule has 0 spiro atoms. The molecule has 0 bridgehead atoms. The molecule has 1 saturated carbocycles. The van der Waals surface area contributed by atoms with E-state index in [0.29, 0.717) is 0 Å². The molecule has 14 heavy (non-hydrogen) atoms. The lowest BCUT2D eigenvalue weighted by molar-refractivity contribution is -0.146. The summed E-state index contributed by atoms with van der Waals surface area (Å²) in [6, 6.07) is 0. The zero-order valence-electron chi connectivity index (χ0n) is 9.34. The molecular weight excluding hydrogens is 176 g/mol. The summed E-state index contributed by atoms with van der Waals surface area (Å²) in [6.07, 6.45) is 2.85. The van der Waals surface area contributed by atoms with Gasteiger partial charge in [-0.05, 0) is 37.5 Å². The molecule has 2 nitrogen and oxygen atoms in total. The first-order valence-electron chi connectivity index (χ1n) is 5.22. The van der Waals surface area contributed by atoms with Gasteiger partial charge < -0.3 is 5.11 Å². The average molecular weight is 196 g/mol. The minimum atomic E-state index is -0.661. The van der Waals surface area contributed by atoms with Gasteiger partial charge in [0, 0.05) is 0 Å². The molecule has 1 fully saturated rings. The first-order chi connectivity index (χ1) is 6.33. The predicted molar refractivity (Wildman–Crippen MR) is 57.1 cm³/mol. The number of allylic oxidation sites excluding steroid dienone is 1. The summed E-state index contributed by atoms with van der Waals surface area (Å²) in [4.78, 5) is 11.1. The molecule has 2 atom stereocenters. The van der Waals surface area contributed by atoms with Gasteiger partial charge in [0.1, 0.15) is 0 Å². The van der Waals surface area contributed by atoms with Crippen molar-refractivity contribution in [2.75, 3.05) is 0 Å². The minimum absolute atomic E-state index is 0.176. The van der Waals surface area contributed by atoms with Crippen molar-refractivity contribution >= 4 is 5.97 Å². The van der Waals surface area contributed by atoms with Crippen LogP contribution >= 0.6 is 0 Å². The first-order valence-corrected chi connectivity index (χ1v) is 5.22. The third-order valence-corrected chi connectivity index (χ3v) is 3.34. The maximum Gasteiger partial charge on any atom is 0.307 e. The number of rotatable bonds is 2. The number of carbonyl (C=O) groups is 1. The van der Waals surface area contributed by atoms with Crippen LogP contribution in [0.4, 0.5) is 0 Å². The Labute approximate surface area is 86.0 Å². The lowest BCUT2D eigenvalue weighted by Crippen LogP contribution is -2.35. The van der Waals surface area contributed by atoms with Crippen molar-refractivity contribution in [1.82, 2.24) is 0 Å². The van der Waals surface area contributed by atoms with Crippen molar-refractivity contribution in [1.29, 1.82) is 0 Å². The fourth-order valence-electron chi connectivity index (χ4n) is 2.44. The van der Waals surface area contributed by atoms with Gasteiger partial charge in [0.25, 0.3) is 0 Å². The Morgan fingerprint density at radius 3 is 2.43 bits per heavy atom. The minimum Gasteiger partial charge on any atom is -0.481 e. The van der Waals surface area contributed by atoms with E-state index in [0.717, 1.165) is 24.8 Å². The molecule has 1 aliphatic carbocycles. The Bertz CT molecular complexity index is 253. The van der Waals surface area contributed by atoms with Gasteiger partial charge in [0.15, 0.2) is 0 Å². The second-order valence-electron chi connectivity index (χ2n) is 5.30. The van der Waals surface area contributed by atoms with Gasteiger partial charge in [-0.2, -0.15) is 0 Å². The van der Waals surface area contributed by atoms with Crippen LogP contribution in [0, 0.1) is 17.3 Å². The van der Waals surface area contributed by atoms with E-state index >= 15 is 0 Å². The van der Waals surface area contributed by atoms with Crippen LogP contribution in [0.3, 0.4) is 0 Å². The molecule has 0 aromatic heterocycles. The van der Waals surface area contributed by atoms with Crippen molar-refractivity contribution in [2.24, 2.45) is 17.3 Å². The van der Waals surface area contributed by atoms with Gasteiger partial charge in [-0.1, -0.05) is 26.0 Å². The summed E-state index contributed by atoms with van der Waals surface area (Å²) in [5.41, 5.74) is 1.20. The lowest BCUT2D eigenvalue weighted by atomic mass is 9.65. The SMILES string of the molecule is C=C(C)C1CCC(C)(C)CC1C(=O)O. The van der Waals surface area contributed by atoms with Crippen LogP contribution in [-0.2, 0) is 4.79 Å². The van der Waals surface area contributed by atoms with Gasteiger partial charge >= 0.3 is 5.97 Å². The molecule has 0 aromatic carbocycles. The highest BCUT2D eigenvalue weighted by atomic mass is 16.4. The third kappa shape index (κ3) is 2.37. The molecule has 0 heterocycles. The second kappa shape index (κ2) is 3.76. The molecule has 0 aromatic rings. The van der Waals surface area contributed by atoms with Gasteiger partial charge in [0.2, 0.25) is 0 Å². The van der Waals surface area contributed by atoms with Gasteiger partial charge in [-0.3, -0.25) is 4.79 Å². The Morgan fingerprint density at radius 1 is 1.43 bits per heavy atom. The van der Waals surface area contributed by atoms with Crippen LogP contribution < -0.4 is 0 Å². The molecule has 2 unspecified atom stereocenters. The number of hydrogen-bond donors (Lipinski definition) is 1. The summed E-state index contributed by atoms with van der Waals surface area (Å²) in [5, 5.41) is 9.15. The maximum atomic E-state index is 11.1. The molecule has 1 aliphatic rings. The van der Waals surface area contributed by atoms with Gasteiger partial charge in [0.05, 0.1) is 5.92 Å². The molecule has 0 saturated heterocycles. The zero-order valence-corrected chi connectivity index (χ0v) is 9.34. The van der Waals surface area contributed by atoms with E-state index < -0.39 is 5.97 Å². The van der Waals surface area contributed by atoms with Crippen molar-refractivity contribution in [3.05, 3.63) is 12.2 Å². The average Bonchev–Trinajstić information content (AvgIpc) is 2.01. The highest BCUT2D eigenvalue weighted by molar-refractivity contribution is 5.71. The lowest BCUT2D eigenvalue weighted by Gasteiger charge is -2.39. The quantitative estimate of drug-likeness (QED) is 0.689. The normalized spacial score (nSPS) is 31.1. The van der Waals surface area contributed by atoms with Crippen molar-refractivity contribution in [3.8, 4) is 0 Å². The summed E-state index contributed by atoms with van der Waals surface area (Å²) in [6.45, 7) is 10.1. The second-order valence-corrected chi connectivity index (χ2v) is 5.30. The van der Waals surface area contributed by atoms with E-state index in [-0.39, 0.29) is 17.3 Å². The predicted octanol–water partition coefficient (Wildman–Crippen LogP) is 3.09. The summed E-state index contributed by atoms with van der Waals surface area (Å²) in [7, 11) is 0. The standard InChI is InChI=1S/C12H20O2/c1-8(2)9-5-6-12(3,4)7-10(9)11(13)14/h9-10H,1,5-7H2,2-4H3,(H,13,14). The topological polar surface area (TPSA) is 37.3 Å². The molecule has 0 radical (unpaired) electrons. The van der Waals surface area contributed by atoms with Crippen LogP contribution in [0.1, 0.15) is 40.0 Å². The highest BCUT2D eigenvalue weighted by Crippen LogP contribution is 2.44. The van der Waals surface area contributed by atoms with Crippen molar-refractivity contribution in [2.45, 2.75) is 40.0 Å². The van der Waals surface area contributed by atoms with Gasteiger partial charge in [-0.25, -0.2) is 0 Å². The summed E-state index contributed by atoms with van der Waals surface area (Å²) < 4.78 is 0. The molecular formula is C12H20O2. The number of aliphatic carboxylic acids is 1. The molecule has 0 aliphatic heterocycles. The van der Waals surface area contributed by atoms with Crippen LogP contribution in [0.5, 0.6) is 0 Å². The molecule has 1 N–H and O–H groups in total. The summed E-state index contributed by atoms with van der Waals surface area (Å²) >= 11 is 0. The van der Waals surface area contributed by atoms with Crippen molar-refractivity contribution in [3.63, 3.8) is 0 Å². The van der Waals surface area contributed by atoms with E-state index in [1.165, 1.54) is 0 Å². The first kappa shape index (κ1) is 11.3. The summed E-state index contributed by atoms with van der Waals surface area (Å²) in [5.74, 6) is -0.706. The fraction of sp³-hybridized carbons (Fsp3) is 0.750. The zero-order chi connectivity index (χ0) is 10.9. The van der Waals surface area contributed by atoms with Crippen LogP contribution in [0.25, 0.3) is 0 Å². The number of hydrogen-bond acceptors (Lipinski definition) is 1. The fourth-order valence-corrected chi connectivity index (χ4v) is 2.44. The number of carboxylic acid groups (broad SMARTS) is 1. The monoisotopic (exact) mass is 196 g/mol. The van der Waals surface area contributed by atoms with E-state index in [1.807, 2.05) is 6.92 Å².